The molecule has 0 spiro atoms. The SMILES string of the molecule is Cc1cc(N)cnc1C1CN(C(=O)OC(C)(C)C)CCO1. The summed E-state index contributed by atoms with van der Waals surface area (Å²) in [5, 5.41) is 0. The number of nitrogen functional groups attached to an aromatic ring is 1. The minimum Gasteiger partial charge on any atom is -0.444 e. The van der Waals surface area contributed by atoms with Crippen molar-refractivity contribution in [3.8, 4) is 0 Å². The molecule has 1 aromatic heterocycles. The molecule has 1 fully saturated rings. The van der Waals surface area contributed by atoms with Crippen molar-refractivity contribution in [3.63, 3.8) is 0 Å². The lowest BCUT2D eigenvalue weighted by Crippen LogP contribution is -2.45. The normalized spacial score (nSPS) is 19.4. The lowest BCUT2D eigenvalue weighted by molar-refractivity contribution is -0.0449. The van der Waals surface area contributed by atoms with E-state index in [-0.39, 0.29) is 12.2 Å². The summed E-state index contributed by atoms with van der Waals surface area (Å²) in [6.07, 6.45) is 1.05. The van der Waals surface area contributed by atoms with E-state index in [0.29, 0.717) is 25.4 Å². The molecule has 0 saturated carbocycles. The molecule has 2 rings (SSSR count). The minimum absolute atomic E-state index is 0.244. The van der Waals surface area contributed by atoms with E-state index in [1.807, 2.05) is 33.8 Å². The van der Waals surface area contributed by atoms with E-state index < -0.39 is 5.60 Å². The molecule has 21 heavy (non-hydrogen) atoms. The number of hydrogen-bond acceptors (Lipinski definition) is 5. The third kappa shape index (κ3) is 4.07. The molecule has 6 heteroatoms. The topological polar surface area (TPSA) is 77.7 Å². The van der Waals surface area contributed by atoms with Crippen LogP contribution in [-0.4, -0.2) is 41.3 Å². The van der Waals surface area contributed by atoms with Crippen molar-refractivity contribution in [3.05, 3.63) is 23.5 Å². The number of aromatic nitrogens is 1. The van der Waals surface area contributed by atoms with Gasteiger partial charge in [-0.2, -0.15) is 0 Å². The molecule has 1 amide bonds. The number of aryl methyl sites for hydroxylation is 1. The van der Waals surface area contributed by atoms with Gasteiger partial charge < -0.3 is 20.1 Å². The van der Waals surface area contributed by atoms with Crippen LogP contribution in [0, 0.1) is 6.92 Å². The summed E-state index contributed by atoms with van der Waals surface area (Å²) in [7, 11) is 0. The molecule has 116 valence electrons. The number of nitrogens with zero attached hydrogens (tertiary/aromatic N) is 2. The standard InChI is InChI=1S/C15H23N3O3/c1-10-7-11(16)8-17-13(10)12-9-18(5-6-20-12)14(19)21-15(2,3)4/h7-8,12H,5-6,9,16H2,1-4H3. The zero-order valence-electron chi connectivity index (χ0n) is 13.0. The number of carbonyl (C=O) groups excluding carboxylic acids is 1. The van der Waals surface area contributed by atoms with Gasteiger partial charge in [0.1, 0.15) is 11.7 Å². The first kappa shape index (κ1) is 15.6. The largest absolute Gasteiger partial charge is 0.444 e. The number of pyridine rings is 1. The van der Waals surface area contributed by atoms with Crippen LogP contribution in [0.4, 0.5) is 10.5 Å². The van der Waals surface area contributed by atoms with Crippen LogP contribution >= 0.6 is 0 Å². The van der Waals surface area contributed by atoms with Crippen molar-refractivity contribution in [2.45, 2.75) is 39.4 Å². The predicted octanol–water partition coefficient (Wildman–Crippen LogP) is 2.28. The van der Waals surface area contributed by atoms with Gasteiger partial charge >= 0.3 is 6.09 Å². The van der Waals surface area contributed by atoms with E-state index in [2.05, 4.69) is 4.98 Å². The maximum Gasteiger partial charge on any atom is 0.410 e. The van der Waals surface area contributed by atoms with E-state index in [1.54, 1.807) is 11.1 Å². The first-order chi connectivity index (χ1) is 9.76. The molecule has 1 atom stereocenters. The summed E-state index contributed by atoms with van der Waals surface area (Å²) in [6.45, 7) is 8.94. The zero-order chi connectivity index (χ0) is 15.6. The molecule has 1 unspecified atom stereocenters. The maximum absolute atomic E-state index is 12.1. The molecule has 0 aromatic carbocycles. The van der Waals surface area contributed by atoms with Gasteiger partial charge in [-0.25, -0.2) is 4.79 Å². The average Bonchev–Trinajstić information content (AvgIpc) is 2.37. The molecule has 2 N–H and O–H groups in total. The molecule has 1 aliphatic heterocycles. The quantitative estimate of drug-likeness (QED) is 0.859. The van der Waals surface area contributed by atoms with Crippen LogP contribution in [0.1, 0.15) is 38.1 Å². The number of morpholine rings is 1. The summed E-state index contributed by atoms with van der Waals surface area (Å²) in [6, 6.07) is 1.86. The number of amides is 1. The Morgan fingerprint density at radius 3 is 2.86 bits per heavy atom. The molecule has 1 aliphatic rings. The van der Waals surface area contributed by atoms with Crippen molar-refractivity contribution in [2.75, 3.05) is 25.4 Å². The maximum atomic E-state index is 12.1. The molecular formula is C15H23N3O3. The molecule has 0 bridgehead atoms. The number of carbonyl (C=O) groups is 1. The number of anilines is 1. The van der Waals surface area contributed by atoms with Crippen molar-refractivity contribution >= 4 is 11.8 Å². The van der Waals surface area contributed by atoms with E-state index in [9.17, 15) is 4.79 Å². The minimum atomic E-state index is -0.500. The van der Waals surface area contributed by atoms with Gasteiger partial charge in [-0.3, -0.25) is 4.98 Å². The van der Waals surface area contributed by atoms with Crippen LogP contribution in [0.5, 0.6) is 0 Å². The lowest BCUT2D eigenvalue weighted by Gasteiger charge is -2.34. The molecule has 0 radical (unpaired) electrons. The third-order valence-electron chi connectivity index (χ3n) is 3.16. The smallest absolute Gasteiger partial charge is 0.410 e. The molecule has 1 saturated heterocycles. The fourth-order valence-electron chi connectivity index (χ4n) is 2.25. The van der Waals surface area contributed by atoms with Crippen molar-refractivity contribution in [2.24, 2.45) is 0 Å². The van der Waals surface area contributed by atoms with Gasteiger partial charge in [-0.05, 0) is 39.3 Å². The molecule has 6 nitrogen and oxygen atoms in total. The van der Waals surface area contributed by atoms with Gasteiger partial charge in [0.2, 0.25) is 0 Å². The highest BCUT2D eigenvalue weighted by atomic mass is 16.6. The van der Waals surface area contributed by atoms with Crippen LogP contribution in [-0.2, 0) is 9.47 Å². The Morgan fingerprint density at radius 1 is 1.52 bits per heavy atom. The molecular weight excluding hydrogens is 270 g/mol. The summed E-state index contributed by atoms with van der Waals surface area (Å²) in [4.78, 5) is 18.1. The van der Waals surface area contributed by atoms with Crippen LogP contribution < -0.4 is 5.73 Å². The fraction of sp³-hybridized carbons (Fsp3) is 0.600. The second kappa shape index (κ2) is 5.89. The Hall–Kier alpha value is -1.82. The van der Waals surface area contributed by atoms with E-state index in [1.165, 1.54) is 0 Å². The van der Waals surface area contributed by atoms with Gasteiger partial charge in [0.05, 0.1) is 30.7 Å². The van der Waals surface area contributed by atoms with E-state index >= 15 is 0 Å². The summed E-state index contributed by atoms with van der Waals surface area (Å²) >= 11 is 0. The number of nitrogens with two attached hydrogens (primary N) is 1. The van der Waals surface area contributed by atoms with Crippen LogP contribution in [0.3, 0.4) is 0 Å². The second-order valence-electron chi connectivity index (χ2n) is 6.26. The van der Waals surface area contributed by atoms with E-state index in [0.717, 1.165) is 11.3 Å². The Kier molecular flexibility index (Phi) is 4.37. The zero-order valence-corrected chi connectivity index (χ0v) is 13.0. The predicted molar refractivity (Wildman–Crippen MR) is 79.9 cm³/mol. The highest BCUT2D eigenvalue weighted by Gasteiger charge is 2.30. The summed E-state index contributed by atoms with van der Waals surface area (Å²) in [5.74, 6) is 0. The van der Waals surface area contributed by atoms with Gasteiger partial charge in [0.15, 0.2) is 0 Å². The fourth-order valence-corrected chi connectivity index (χ4v) is 2.25. The number of rotatable bonds is 1. The highest BCUT2D eigenvalue weighted by Crippen LogP contribution is 2.25. The lowest BCUT2D eigenvalue weighted by atomic mass is 10.1. The average molecular weight is 293 g/mol. The van der Waals surface area contributed by atoms with Crippen molar-refractivity contribution < 1.29 is 14.3 Å². The van der Waals surface area contributed by atoms with Gasteiger partial charge in [0.25, 0.3) is 0 Å². The van der Waals surface area contributed by atoms with Gasteiger partial charge in [-0.1, -0.05) is 0 Å². The number of ether oxygens (including phenoxy) is 2. The summed E-state index contributed by atoms with van der Waals surface area (Å²) < 4.78 is 11.1. The monoisotopic (exact) mass is 293 g/mol. The van der Waals surface area contributed by atoms with Gasteiger partial charge in [0, 0.05) is 6.54 Å². The Labute approximate surface area is 125 Å². The van der Waals surface area contributed by atoms with Crippen molar-refractivity contribution in [1.29, 1.82) is 0 Å². The summed E-state index contributed by atoms with van der Waals surface area (Å²) in [5.41, 5.74) is 7.62. The number of hydrogen-bond donors (Lipinski definition) is 1. The van der Waals surface area contributed by atoms with Crippen LogP contribution in [0.25, 0.3) is 0 Å². The molecule has 0 aliphatic carbocycles. The highest BCUT2D eigenvalue weighted by molar-refractivity contribution is 5.68. The molecule has 2 heterocycles. The Bertz CT molecular complexity index is 525. The molecule has 1 aromatic rings. The van der Waals surface area contributed by atoms with Crippen LogP contribution in [0.15, 0.2) is 12.3 Å². The Balaban J connectivity index is 2.08. The van der Waals surface area contributed by atoms with E-state index in [4.69, 9.17) is 15.2 Å². The first-order valence-electron chi connectivity index (χ1n) is 7.08. The van der Waals surface area contributed by atoms with Gasteiger partial charge in [-0.15, -0.1) is 0 Å². The second-order valence-corrected chi connectivity index (χ2v) is 6.26. The van der Waals surface area contributed by atoms with Crippen molar-refractivity contribution in [1.82, 2.24) is 9.88 Å². The third-order valence-corrected chi connectivity index (χ3v) is 3.16. The first-order valence-corrected chi connectivity index (χ1v) is 7.08. The Morgan fingerprint density at radius 2 is 2.24 bits per heavy atom. The van der Waals surface area contributed by atoms with Crippen LogP contribution in [0.2, 0.25) is 0 Å².